The SMILES string of the molecule is Fc1ccc(Cc2nc3ccc(Cl)cn3n2)cc1. The molecule has 3 nitrogen and oxygen atoms in total. The third kappa shape index (κ3) is 2.19. The fourth-order valence-electron chi connectivity index (χ4n) is 1.76. The highest BCUT2D eigenvalue weighted by Crippen LogP contribution is 2.12. The fourth-order valence-corrected chi connectivity index (χ4v) is 1.92. The molecule has 1 aromatic carbocycles. The molecular weight excluding hydrogens is 253 g/mol. The lowest BCUT2D eigenvalue weighted by atomic mass is 10.1. The smallest absolute Gasteiger partial charge is 0.156 e. The second kappa shape index (κ2) is 4.38. The lowest BCUT2D eigenvalue weighted by Gasteiger charge is -1.96. The van der Waals surface area contributed by atoms with Gasteiger partial charge in [0.1, 0.15) is 5.82 Å². The highest BCUT2D eigenvalue weighted by molar-refractivity contribution is 6.30. The zero-order valence-electron chi connectivity index (χ0n) is 9.35. The van der Waals surface area contributed by atoms with Gasteiger partial charge < -0.3 is 0 Å². The molecule has 0 fully saturated rings. The van der Waals surface area contributed by atoms with E-state index >= 15 is 0 Å². The average Bonchev–Trinajstić information content (AvgIpc) is 2.73. The van der Waals surface area contributed by atoms with Gasteiger partial charge in [-0.05, 0) is 29.8 Å². The number of fused-ring (bicyclic) bond motifs is 1. The summed E-state index contributed by atoms with van der Waals surface area (Å²) in [5.41, 5.74) is 1.72. The van der Waals surface area contributed by atoms with Crippen LogP contribution in [0.15, 0.2) is 42.6 Å². The first-order chi connectivity index (χ1) is 8.70. The molecule has 18 heavy (non-hydrogen) atoms. The second-order valence-corrected chi connectivity index (χ2v) is 4.42. The van der Waals surface area contributed by atoms with Crippen LogP contribution in [0.5, 0.6) is 0 Å². The van der Waals surface area contributed by atoms with Crippen molar-refractivity contribution in [1.82, 2.24) is 14.6 Å². The Bertz CT molecular complexity index is 691. The van der Waals surface area contributed by atoms with Gasteiger partial charge in [-0.3, -0.25) is 0 Å². The topological polar surface area (TPSA) is 30.2 Å². The maximum atomic E-state index is 12.8. The number of nitrogens with zero attached hydrogens (tertiary/aromatic N) is 3. The summed E-state index contributed by atoms with van der Waals surface area (Å²) in [4.78, 5) is 4.37. The molecule has 0 aliphatic rings. The Morgan fingerprint density at radius 3 is 2.67 bits per heavy atom. The van der Waals surface area contributed by atoms with E-state index < -0.39 is 0 Å². The quantitative estimate of drug-likeness (QED) is 0.710. The molecule has 3 rings (SSSR count). The van der Waals surface area contributed by atoms with Crippen molar-refractivity contribution >= 4 is 17.2 Å². The normalized spacial score (nSPS) is 11.0. The van der Waals surface area contributed by atoms with E-state index in [2.05, 4.69) is 10.1 Å². The van der Waals surface area contributed by atoms with E-state index in [-0.39, 0.29) is 5.82 Å². The Balaban J connectivity index is 1.92. The molecule has 0 saturated carbocycles. The van der Waals surface area contributed by atoms with Crippen LogP contribution in [0.3, 0.4) is 0 Å². The summed E-state index contributed by atoms with van der Waals surface area (Å²) in [6.45, 7) is 0. The zero-order chi connectivity index (χ0) is 12.5. The molecule has 5 heteroatoms. The van der Waals surface area contributed by atoms with E-state index in [1.165, 1.54) is 12.1 Å². The molecule has 0 radical (unpaired) electrons. The highest BCUT2D eigenvalue weighted by atomic mass is 35.5. The van der Waals surface area contributed by atoms with Gasteiger partial charge in [0.2, 0.25) is 0 Å². The molecule has 0 N–H and O–H groups in total. The van der Waals surface area contributed by atoms with Gasteiger partial charge in [0.25, 0.3) is 0 Å². The predicted molar refractivity (Wildman–Crippen MR) is 67.2 cm³/mol. The van der Waals surface area contributed by atoms with Gasteiger partial charge in [-0.15, -0.1) is 0 Å². The minimum atomic E-state index is -0.242. The van der Waals surface area contributed by atoms with Crippen LogP contribution < -0.4 is 0 Å². The molecule has 90 valence electrons. The van der Waals surface area contributed by atoms with Crippen molar-refractivity contribution in [3.8, 4) is 0 Å². The first-order valence-electron chi connectivity index (χ1n) is 5.46. The van der Waals surface area contributed by atoms with E-state index in [1.807, 2.05) is 6.07 Å². The number of hydrogen-bond acceptors (Lipinski definition) is 2. The number of rotatable bonds is 2. The molecule has 0 unspecified atom stereocenters. The summed E-state index contributed by atoms with van der Waals surface area (Å²) in [5.74, 6) is 0.442. The third-order valence-electron chi connectivity index (χ3n) is 2.61. The van der Waals surface area contributed by atoms with Crippen LogP contribution in [0.25, 0.3) is 5.65 Å². The Kier molecular flexibility index (Phi) is 2.72. The number of aromatic nitrogens is 3. The van der Waals surface area contributed by atoms with E-state index in [4.69, 9.17) is 11.6 Å². The van der Waals surface area contributed by atoms with Crippen molar-refractivity contribution in [2.45, 2.75) is 6.42 Å². The lowest BCUT2D eigenvalue weighted by Crippen LogP contribution is -1.92. The Labute approximate surface area is 108 Å². The van der Waals surface area contributed by atoms with Gasteiger partial charge in [-0.1, -0.05) is 23.7 Å². The number of pyridine rings is 1. The van der Waals surface area contributed by atoms with Crippen LogP contribution in [0.2, 0.25) is 5.02 Å². The number of hydrogen-bond donors (Lipinski definition) is 0. The van der Waals surface area contributed by atoms with Crippen molar-refractivity contribution in [1.29, 1.82) is 0 Å². The molecule has 0 atom stereocenters. The van der Waals surface area contributed by atoms with Crippen molar-refractivity contribution in [2.75, 3.05) is 0 Å². The van der Waals surface area contributed by atoms with Crippen molar-refractivity contribution in [2.24, 2.45) is 0 Å². The Hall–Kier alpha value is -1.94. The van der Waals surface area contributed by atoms with Crippen LogP contribution in [0.1, 0.15) is 11.4 Å². The maximum Gasteiger partial charge on any atom is 0.156 e. The summed E-state index contributed by atoms with van der Waals surface area (Å²) >= 11 is 5.88. The van der Waals surface area contributed by atoms with Crippen LogP contribution >= 0.6 is 11.6 Å². The number of halogens is 2. The highest BCUT2D eigenvalue weighted by Gasteiger charge is 2.05. The van der Waals surface area contributed by atoms with Gasteiger partial charge in [0, 0.05) is 12.6 Å². The van der Waals surface area contributed by atoms with E-state index in [9.17, 15) is 4.39 Å². The van der Waals surface area contributed by atoms with Crippen LogP contribution in [0.4, 0.5) is 4.39 Å². The van der Waals surface area contributed by atoms with Crippen molar-refractivity contribution in [3.05, 3.63) is 64.8 Å². The molecule has 3 aromatic rings. The third-order valence-corrected chi connectivity index (χ3v) is 2.84. The first-order valence-corrected chi connectivity index (χ1v) is 5.84. The van der Waals surface area contributed by atoms with Gasteiger partial charge in [-0.25, -0.2) is 13.9 Å². The lowest BCUT2D eigenvalue weighted by molar-refractivity contribution is 0.627. The van der Waals surface area contributed by atoms with Crippen LogP contribution in [-0.4, -0.2) is 14.6 Å². The summed E-state index contributed by atoms with van der Waals surface area (Å²) in [6, 6.07) is 9.91. The Morgan fingerprint density at radius 1 is 1.11 bits per heavy atom. The largest absolute Gasteiger partial charge is 0.219 e. The molecule has 0 saturated heterocycles. The van der Waals surface area contributed by atoms with E-state index in [1.54, 1.807) is 28.9 Å². The zero-order valence-corrected chi connectivity index (χ0v) is 10.1. The summed E-state index contributed by atoms with van der Waals surface area (Å²) < 4.78 is 14.4. The molecule has 2 aromatic heterocycles. The van der Waals surface area contributed by atoms with Crippen LogP contribution in [-0.2, 0) is 6.42 Å². The average molecular weight is 262 g/mol. The minimum Gasteiger partial charge on any atom is -0.219 e. The fraction of sp³-hybridized carbons (Fsp3) is 0.0769. The molecule has 0 spiro atoms. The minimum absolute atomic E-state index is 0.242. The number of benzene rings is 1. The summed E-state index contributed by atoms with van der Waals surface area (Å²) in [6.07, 6.45) is 2.28. The van der Waals surface area contributed by atoms with Crippen LogP contribution in [0, 0.1) is 5.82 Å². The van der Waals surface area contributed by atoms with Crippen molar-refractivity contribution in [3.63, 3.8) is 0 Å². The molecule has 0 aliphatic carbocycles. The van der Waals surface area contributed by atoms with Gasteiger partial charge in [0.15, 0.2) is 11.5 Å². The molecular formula is C13H9ClFN3. The molecule has 2 heterocycles. The van der Waals surface area contributed by atoms with E-state index in [0.717, 1.165) is 11.2 Å². The van der Waals surface area contributed by atoms with Gasteiger partial charge in [0.05, 0.1) is 5.02 Å². The summed E-state index contributed by atoms with van der Waals surface area (Å²) in [7, 11) is 0. The van der Waals surface area contributed by atoms with E-state index in [0.29, 0.717) is 17.3 Å². The van der Waals surface area contributed by atoms with Gasteiger partial charge >= 0.3 is 0 Å². The molecule has 0 aliphatic heterocycles. The molecule has 0 amide bonds. The second-order valence-electron chi connectivity index (χ2n) is 3.98. The maximum absolute atomic E-state index is 12.8. The Morgan fingerprint density at radius 2 is 1.89 bits per heavy atom. The predicted octanol–water partition coefficient (Wildman–Crippen LogP) is 3.11. The standard InChI is InChI=1S/C13H9ClFN3/c14-10-3-6-13-16-12(17-18(13)8-10)7-9-1-4-11(15)5-2-9/h1-6,8H,7H2. The summed E-state index contributed by atoms with van der Waals surface area (Å²) in [5, 5.41) is 4.93. The first kappa shape index (κ1) is 11.2. The monoisotopic (exact) mass is 261 g/mol. The van der Waals surface area contributed by atoms with Crippen molar-refractivity contribution < 1.29 is 4.39 Å². The van der Waals surface area contributed by atoms with Gasteiger partial charge in [-0.2, -0.15) is 5.10 Å². The molecule has 0 bridgehead atoms.